The molecular weight excluding hydrogens is 1040 g/mol. The van der Waals surface area contributed by atoms with Gasteiger partial charge in [0, 0.05) is 95.0 Å². The standard InChI is InChI=1S/C36H64F14O16Si3/c1-11-32(41,42)64-34(45,46)26-62-25-31(39,40)22-30(37,38)23-33(43,44)65-36(49,50)66-35(47,48)27-61-24-29(17-14-20-68(55-5,56-6)57-7,18-15-21-69(58-8,59-9)60-10)63-28(51)16-12-13-19-67(52-2,53-3)54-4/h11-27H2,1-10H3. The minimum atomic E-state index is -6.15. The van der Waals surface area contributed by atoms with Crippen molar-refractivity contribution in [2.45, 2.75) is 137 Å². The van der Waals surface area contributed by atoms with Crippen molar-refractivity contribution in [2.75, 3.05) is 90.4 Å². The first-order valence-corrected chi connectivity index (χ1v) is 26.5. The minimum Gasteiger partial charge on any atom is -0.457 e. The van der Waals surface area contributed by atoms with E-state index in [1.807, 2.05) is 0 Å². The second-order valence-corrected chi connectivity index (χ2v) is 24.5. The first kappa shape index (κ1) is 67.6. The third-order valence-electron chi connectivity index (χ3n) is 9.92. The van der Waals surface area contributed by atoms with Gasteiger partial charge in [-0.1, -0.05) is 6.92 Å². The van der Waals surface area contributed by atoms with Gasteiger partial charge in [-0.25, -0.2) is 27.0 Å². The van der Waals surface area contributed by atoms with Crippen LogP contribution in [0.15, 0.2) is 0 Å². The molecule has 0 N–H and O–H groups in total. The predicted octanol–water partition coefficient (Wildman–Crippen LogP) is 9.10. The first-order chi connectivity index (χ1) is 31.6. The molecule has 0 aromatic rings. The van der Waals surface area contributed by atoms with Crippen molar-refractivity contribution in [1.82, 2.24) is 0 Å². The molecule has 0 saturated heterocycles. The van der Waals surface area contributed by atoms with Gasteiger partial charge in [0.1, 0.15) is 31.8 Å². The van der Waals surface area contributed by atoms with E-state index in [0.717, 1.165) is 0 Å². The van der Waals surface area contributed by atoms with Crippen molar-refractivity contribution in [3.63, 3.8) is 0 Å². The summed E-state index contributed by atoms with van der Waals surface area (Å²) in [6, 6.07) is 0.353. The van der Waals surface area contributed by atoms with Gasteiger partial charge in [-0.3, -0.25) is 9.53 Å². The van der Waals surface area contributed by atoms with Gasteiger partial charge in [0.15, 0.2) is 0 Å². The summed E-state index contributed by atoms with van der Waals surface area (Å²) in [5.41, 5.74) is -1.90. The molecule has 0 heterocycles. The molecule has 0 fully saturated rings. The molecule has 0 aromatic carbocycles. The zero-order chi connectivity index (χ0) is 53.7. The summed E-state index contributed by atoms with van der Waals surface area (Å²) in [5, 5.41) is 0. The van der Waals surface area contributed by atoms with Gasteiger partial charge in [0.25, 0.3) is 11.8 Å². The highest BCUT2D eigenvalue weighted by molar-refractivity contribution is 6.61. The van der Waals surface area contributed by atoms with Crippen molar-refractivity contribution < 1.29 is 135 Å². The molecule has 0 unspecified atom stereocenters. The summed E-state index contributed by atoms with van der Waals surface area (Å²) in [5.74, 6) is -11.3. The monoisotopic (exact) mass is 1100 g/mol. The normalized spacial score (nSPS) is 14.5. The zero-order valence-corrected chi connectivity index (χ0v) is 42.8. The van der Waals surface area contributed by atoms with Gasteiger partial charge in [-0.2, -0.15) is 35.1 Å². The molecule has 0 bridgehead atoms. The van der Waals surface area contributed by atoms with Crippen LogP contribution < -0.4 is 0 Å². The van der Waals surface area contributed by atoms with Gasteiger partial charge in [0.2, 0.25) is 0 Å². The molecule has 0 atom stereocenters. The number of carbonyl (C=O) groups is 1. The number of hydrogen-bond acceptors (Lipinski definition) is 16. The van der Waals surface area contributed by atoms with E-state index < -0.39 is 126 Å². The molecule has 69 heavy (non-hydrogen) atoms. The second kappa shape index (κ2) is 28.9. The molecular formula is C36H64F14O16Si3. The summed E-state index contributed by atoms with van der Waals surface area (Å²) < 4.78 is 270. The van der Waals surface area contributed by atoms with Crippen LogP contribution in [0.1, 0.15) is 71.1 Å². The molecule has 0 amide bonds. The molecule has 0 aliphatic rings. The Morgan fingerprint density at radius 3 is 1.20 bits per heavy atom. The molecule has 0 saturated carbocycles. The van der Waals surface area contributed by atoms with Crippen LogP contribution >= 0.6 is 0 Å². The van der Waals surface area contributed by atoms with Gasteiger partial charge in [-0.15, -0.1) is 8.78 Å². The second-order valence-electron chi connectivity index (χ2n) is 15.2. The average Bonchev–Trinajstić information content (AvgIpc) is 3.22. The maximum atomic E-state index is 14.9. The van der Waals surface area contributed by atoms with Crippen molar-refractivity contribution in [1.29, 1.82) is 0 Å². The van der Waals surface area contributed by atoms with Crippen molar-refractivity contribution >= 4 is 32.4 Å². The Morgan fingerprint density at radius 1 is 0.420 bits per heavy atom. The topological polar surface area (TPSA) is 156 Å². The zero-order valence-electron chi connectivity index (χ0n) is 39.8. The van der Waals surface area contributed by atoms with E-state index in [9.17, 15) is 66.3 Å². The lowest BCUT2D eigenvalue weighted by Crippen LogP contribution is -2.47. The summed E-state index contributed by atoms with van der Waals surface area (Å²) in [7, 11) is 2.14. The van der Waals surface area contributed by atoms with Crippen LogP contribution in [0.25, 0.3) is 0 Å². The lowest BCUT2D eigenvalue weighted by Gasteiger charge is -2.36. The molecule has 0 aliphatic heterocycles. The summed E-state index contributed by atoms with van der Waals surface area (Å²) in [4.78, 5) is 13.4. The fourth-order valence-corrected chi connectivity index (χ4v) is 11.7. The number of carbonyl (C=O) groups excluding carboxylic acids is 1. The van der Waals surface area contributed by atoms with Crippen LogP contribution in [-0.2, 0) is 73.0 Å². The van der Waals surface area contributed by atoms with Gasteiger partial charge in [0.05, 0.1) is 13.0 Å². The Bertz CT molecular complexity index is 1400. The van der Waals surface area contributed by atoms with Crippen LogP contribution in [0.3, 0.4) is 0 Å². The van der Waals surface area contributed by atoms with E-state index in [1.165, 1.54) is 64.0 Å². The van der Waals surface area contributed by atoms with E-state index in [2.05, 4.69) is 18.9 Å². The molecule has 0 rings (SSSR count). The largest absolute Gasteiger partial charge is 0.500 e. The molecule has 0 radical (unpaired) electrons. The SMILES string of the molecule is CCC(F)(F)OC(F)(F)COCC(F)(F)CC(F)(F)CC(F)(F)OC(F)(F)OC(F)(F)COCC(CCC[Si](OC)(OC)OC)(CCC[Si](OC)(OC)OC)OC(=O)CCCC[Si](OC)(OC)OC. The summed E-state index contributed by atoms with van der Waals surface area (Å²) in [6.07, 6.45) is -34.6. The Hall–Kier alpha value is -1.42. The number of alkyl halides is 14. The van der Waals surface area contributed by atoms with Crippen LogP contribution in [0.4, 0.5) is 61.5 Å². The van der Waals surface area contributed by atoms with Gasteiger partial charge >= 0.3 is 63.1 Å². The highest BCUT2D eigenvalue weighted by atomic mass is 28.4. The van der Waals surface area contributed by atoms with E-state index in [-0.39, 0.29) is 56.7 Å². The number of hydrogen-bond donors (Lipinski definition) is 0. The van der Waals surface area contributed by atoms with Crippen LogP contribution in [0, 0.1) is 0 Å². The molecule has 33 heteroatoms. The maximum absolute atomic E-state index is 14.9. The smallest absolute Gasteiger partial charge is 0.457 e. The van der Waals surface area contributed by atoms with E-state index in [0.29, 0.717) is 13.3 Å². The lowest BCUT2D eigenvalue weighted by molar-refractivity contribution is -0.519. The fourth-order valence-electron chi connectivity index (χ4n) is 6.45. The average molecular weight is 1100 g/mol. The summed E-state index contributed by atoms with van der Waals surface area (Å²) in [6.45, 7) is -7.27. The van der Waals surface area contributed by atoms with E-state index in [1.54, 1.807) is 0 Å². The Balaban J connectivity index is 6.31. The maximum Gasteiger partial charge on any atom is 0.500 e. The Labute approximate surface area is 394 Å². The minimum absolute atomic E-state index is 0.0202. The molecule has 414 valence electrons. The van der Waals surface area contributed by atoms with Gasteiger partial charge in [-0.05, 0) is 38.5 Å². The lowest BCUT2D eigenvalue weighted by atomic mass is 9.93. The third kappa shape index (κ3) is 25.9. The van der Waals surface area contributed by atoms with Crippen LogP contribution in [-0.4, -0.2) is 171 Å². The Kier molecular flexibility index (Phi) is 28.3. The first-order valence-electron chi connectivity index (χ1n) is 20.7. The summed E-state index contributed by atoms with van der Waals surface area (Å²) >= 11 is 0. The van der Waals surface area contributed by atoms with Crippen molar-refractivity contribution in [3.05, 3.63) is 0 Å². The third-order valence-corrected chi connectivity index (χ3v) is 18.4. The Morgan fingerprint density at radius 2 is 0.797 bits per heavy atom. The molecule has 0 spiro atoms. The number of unbranched alkanes of at least 4 members (excludes halogenated alkanes) is 1. The van der Waals surface area contributed by atoms with Crippen LogP contribution in [0.2, 0.25) is 18.1 Å². The number of esters is 1. The predicted molar refractivity (Wildman–Crippen MR) is 215 cm³/mol. The highest BCUT2D eigenvalue weighted by Crippen LogP contribution is 2.43. The fraction of sp³-hybridized carbons (Fsp3) is 0.972. The van der Waals surface area contributed by atoms with E-state index >= 15 is 0 Å². The molecule has 0 aliphatic carbocycles. The van der Waals surface area contributed by atoms with Gasteiger partial charge < -0.3 is 54.0 Å². The van der Waals surface area contributed by atoms with Crippen molar-refractivity contribution in [2.24, 2.45) is 0 Å². The van der Waals surface area contributed by atoms with Crippen LogP contribution in [0.5, 0.6) is 0 Å². The quantitative estimate of drug-likeness (QED) is 0.0187. The highest BCUT2D eigenvalue weighted by Gasteiger charge is 2.58. The molecule has 16 nitrogen and oxygen atoms in total. The van der Waals surface area contributed by atoms with Crippen molar-refractivity contribution in [3.8, 4) is 0 Å². The number of rotatable bonds is 42. The number of halogens is 14. The molecule has 0 aromatic heterocycles. The number of ether oxygens (including phenoxy) is 6. The van der Waals surface area contributed by atoms with E-state index in [4.69, 9.17) is 49.3 Å².